The highest BCUT2D eigenvalue weighted by Crippen LogP contribution is 2.33. The fourth-order valence-electron chi connectivity index (χ4n) is 2.86. The van der Waals surface area contributed by atoms with Crippen molar-refractivity contribution in [3.8, 4) is 0 Å². The SMILES string of the molecule is [2H]c1c([2H])c([2H])c(C(c2ccc(N(C)C)cc2)c2ccc(N(C)C)cc2)c([2H])c1[2H]. The lowest BCUT2D eigenvalue weighted by Gasteiger charge is -2.21. The summed E-state index contributed by atoms with van der Waals surface area (Å²) in [5.41, 5.74) is 4.09. The second kappa shape index (κ2) is 7.43. The lowest BCUT2D eigenvalue weighted by atomic mass is 9.85. The van der Waals surface area contributed by atoms with Crippen molar-refractivity contribution in [3.63, 3.8) is 0 Å². The molecular formula is C23H26N2. The molecule has 0 bridgehead atoms. The van der Waals surface area contributed by atoms with Gasteiger partial charge in [0.15, 0.2) is 0 Å². The van der Waals surface area contributed by atoms with E-state index in [9.17, 15) is 0 Å². The summed E-state index contributed by atoms with van der Waals surface area (Å²) in [6.45, 7) is 0. The quantitative estimate of drug-likeness (QED) is 0.606. The van der Waals surface area contributed by atoms with Crippen LogP contribution in [-0.2, 0) is 0 Å². The van der Waals surface area contributed by atoms with Crippen LogP contribution in [0.1, 0.15) is 29.5 Å². The van der Waals surface area contributed by atoms with Crippen molar-refractivity contribution in [2.24, 2.45) is 0 Å². The molecule has 3 aromatic carbocycles. The maximum Gasteiger partial charge on any atom is 0.0626 e. The first-order valence-corrected chi connectivity index (χ1v) is 8.24. The molecule has 128 valence electrons. The van der Waals surface area contributed by atoms with Gasteiger partial charge in [0.1, 0.15) is 0 Å². The van der Waals surface area contributed by atoms with Gasteiger partial charge in [0.2, 0.25) is 0 Å². The normalized spacial score (nSPS) is 13.6. The lowest BCUT2D eigenvalue weighted by Crippen LogP contribution is -2.10. The Bertz CT molecular complexity index is 964. The standard InChI is InChI=1S/C23H26N2/c1-24(2)21-14-10-19(11-15-21)23(18-8-6-5-7-9-18)20-12-16-22(17-13-20)25(3)4/h5-17,23H,1-4H3/i5D,6D,7D,8D,9D. The van der Waals surface area contributed by atoms with Crippen LogP contribution in [0.4, 0.5) is 11.4 Å². The second-order valence-corrected chi connectivity index (χ2v) is 6.44. The molecule has 2 nitrogen and oxygen atoms in total. The predicted molar refractivity (Wildman–Crippen MR) is 109 cm³/mol. The summed E-state index contributed by atoms with van der Waals surface area (Å²) in [6.07, 6.45) is 0. The van der Waals surface area contributed by atoms with Crippen LogP contribution in [0.5, 0.6) is 0 Å². The van der Waals surface area contributed by atoms with E-state index in [1.54, 1.807) is 0 Å². The number of benzene rings is 3. The molecule has 0 saturated heterocycles. The third kappa shape index (κ3) is 3.85. The van der Waals surface area contributed by atoms with Crippen molar-refractivity contribution in [1.82, 2.24) is 0 Å². The molecule has 0 N–H and O–H groups in total. The van der Waals surface area contributed by atoms with E-state index in [0.717, 1.165) is 22.5 Å². The zero-order chi connectivity index (χ0) is 22.2. The van der Waals surface area contributed by atoms with Gasteiger partial charge in [-0.05, 0) is 41.0 Å². The molecule has 0 fully saturated rings. The van der Waals surface area contributed by atoms with Crippen molar-refractivity contribution in [3.05, 3.63) is 95.4 Å². The predicted octanol–water partition coefficient (Wildman–Crippen LogP) is 5.00. The van der Waals surface area contributed by atoms with Crippen LogP contribution in [-0.4, -0.2) is 28.2 Å². The third-order valence-corrected chi connectivity index (χ3v) is 4.29. The summed E-state index contributed by atoms with van der Waals surface area (Å²) in [5, 5.41) is 0. The smallest absolute Gasteiger partial charge is 0.0626 e. The maximum absolute atomic E-state index is 8.50. The van der Waals surface area contributed by atoms with E-state index in [2.05, 4.69) is 0 Å². The van der Waals surface area contributed by atoms with Crippen LogP contribution < -0.4 is 9.80 Å². The van der Waals surface area contributed by atoms with E-state index in [-0.39, 0.29) is 35.8 Å². The van der Waals surface area contributed by atoms with Crippen molar-refractivity contribution in [2.75, 3.05) is 38.0 Å². The molecule has 0 unspecified atom stereocenters. The fraction of sp³-hybridized carbons (Fsp3) is 0.217. The van der Waals surface area contributed by atoms with Gasteiger partial charge in [-0.25, -0.2) is 0 Å². The van der Waals surface area contributed by atoms with Gasteiger partial charge in [-0.15, -0.1) is 0 Å². The van der Waals surface area contributed by atoms with E-state index in [0.29, 0.717) is 0 Å². The summed E-state index contributed by atoms with van der Waals surface area (Å²) in [7, 11) is 7.84. The van der Waals surface area contributed by atoms with Gasteiger partial charge in [0.25, 0.3) is 0 Å². The summed E-state index contributed by atoms with van der Waals surface area (Å²) < 4.78 is 41.1. The molecule has 0 aliphatic rings. The Hall–Kier alpha value is -2.74. The topological polar surface area (TPSA) is 6.48 Å². The Morgan fingerprint density at radius 1 is 0.600 bits per heavy atom. The van der Waals surface area contributed by atoms with E-state index < -0.39 is 5.92 Å². The van der Waals surface area contributed by atoms with Gasteiger partial charge in [-0.1, -0.05) is 54.5 Å². The summed E-state index contributed by atoms with van der Waals surface area (Å²) in [6, 6.07) is 14.4. The molecule has 0 amide bonds. The molecule has 0 atom stereocenters. The highest BCUT2D eigenvalue weighted by Gasteiger charge is 2.16. The minimum Gasteiger partial charge on any atom is -0.378 e. The highest BCUT2D eigenvalue weighted by atomic mass is 15.1. The first kappa shape index (κ1) is 11.8. The zero-order valence-electron chi connectivity index (χ0n) is 20.1. The first-order chi connectivity index (χ1) is 14.1. The lowest BCUT2D eigenvalue weighted by molar-refractivity contribution is 0.973. The Kier molecular flexibility index (Phi) is 3.49. The summed E-state index contributed by atoms with van der Waals surface area (Å²) in [5.74, 6) is -0.480. The molecule has 0 aliphatic heterocycles. The molecule has 25 heavy (non-hydrogen) atoms. The third-order valence-electron chi connectivity index (χ3n) is 4.29. The highest BCUT2D eigenvalue weighted by molar-refractivity contribution is 5.53. The van der Waals surface area contributed by atoms with Crippen LogP contribution in [0.25, 0.3) is 0 Å². The van der Waals surface area contributed by atoms with E-state index >= 15 is 0 Å². The molecule has 0 radical (unpaired) electrons. The fourth-order valence-corrected chi connectivity index (χ4v) is 2.86. The van der Waals surface area contributed by atoms with Gasteiger partial charge in [-0.2, -0.15) is 0 Å². The van der Waals surface area contributed by atoms with Crippen LogP contribution in [0.2, 0.25) is 0 Å². The average molecular weight is 336 g/mol. The molecule has 0 aromatic heterocycles. The van der Waals surface area contributed by atoms with Gasteiger partial charge in [0.05, 0.1) is 6.85 Å². The minimum absolute atomic E-state index is 0.167. The Morgan fingerprint density at radius 3 is 1.36 bits per heavy atom. The van der Waals surface area contributed by atoms with Gasteiger partial charge < -0.3 is 9.80 Å². The molecule has 0 aliphatic carbocycles. The van der Waals surface area contributed by atoms with Gasteiger partial charge >= 0.3 is 0 Å². The Labute approximate surface area is 158 Å². The number of hydrogen-bond donors (Lipinski definition) is 0. The van der Waals surface area contributed by atoms with Crippen LogP contribution in [0, 0.1) is 0 Å². The van der Waals surface area contributed by atoms with E-state index in [1.807, 2.05) is 86.5 Å². The maximum atomic E-state index is 8.50. The number of nitrogens with zero attached hydrogens (tertiary/aromatic N) is 2. The number of rotatable bonds is 5. The monoisotopic (exact) mass is 335 g/mol. The molecule has 0 saturated carbocycles. The van der Waals surface area contributed by atoms with Gasteiger partial charge in [0, 0.05) is 45.5 Å². The molecule has 3 rings (SSSR count). The summed E-state index contributed by atoms with van der Waals surface area (Å²) in [4.78, 5) is 3.99. The molecule has 0 heterocycles. The van der Waals surface area contributed by atoms with Crippen molar-refractivity contribution in [1.29, 1.82) is 0 Å². The zero-order valence-corrected chi connectivity index (χ0v) is 15.1. The average Bonchev–Trinajstić information content (AvgIpc) is 2.74. The molecule has 3 aromatic rings. The second-order valence-electron chi connectivity index (χ2n) is 6.44. The van der Waals surface area contributed by atoms with Crippen LogP contribution in [0.15, 0.2) is 78.7 Å². The number of anilines is 2. The molecular weight excluding hydrogens is 304 g/mol. The van der Waals surface area contributed by atoms with Crippen molar-refractivity contribution >= 4 is 11.4 Å². The molecule has 2 heteroatoms. The number of hydrogen-bond acceptors (Lipinski definition) is 2. The Balaban J connectivity index is 2.26. The largest absolute Gasteiger partial charge is 0.378 e. The van der Waals surface area contributed by atoms with E-state index in [4.69, 9.17) is 6.85 Å². The first-order valence-electron chi connectivity index (χ1n) is 10.7. The van der Waals surface area contributed by atoms with Crippen molar-refractivity contribution < 1.29 is 6.85 Å². The van der Waals surface area contributed by atoms with Gasteiger partial charge in [-0.3, -0.25) is 0 Å². The minimum atomic E-state index is -0.480. The molecule has 0 spiro atoms. The van der Waals surface area contributed by atoms with Crippen LogP contribution in [0.3, 0.4) is 0 Å². The Morgan fingerprint density at radius 2 is 1.00 bits per heavy atom. The summed E-state index contributed by atoms with van der Waals surface area (Å²) >= 11 is 0. The van der Waals surface area contributed by atoms with Crippen molar-refractivity contribution in [2.45, 2.75) is 5.92 Å². The van der Waals surface area contributed by atoms with Crippen LogP contribution >= 0.6 is 0 Å². The van der Waals surface area contributed by atoms with E-state index in [1.165, 1.54) is 0 Å².